The van der Waals surface area contributed by atoms with Crippen molar-refractivity contribution in [3.63, 3.8) is 0 Å². The summed E-state index contributed by atoms with van der Waals surface area (Å²) in [6, 6.07) is 7.76. The van der Waals surface area contributed by atoms with Crippen LogP contribution in [-0.2, 0) is 29.0 Å². The fraction of sp³-hybridized carbons (Fsp3) is 0.350. The molecule has 0 spiro atoms. The Labute approximate surface area is 156 Å². The highest BCUT2D eigenvalue weighted by Crippen LogP contribution is 2.26. The van der Waals surface area contributed by atoms with E-state index in [0.29, 0.717) is 17.4 Å². The zero-order valence-electron chi connectivity index (χ0n) is 15.3. The molecule has 7 nitrogen and oxygen atoms in total. The van der Waals surface area contributed by atoms with Crippen molar-refractivity contribution < 1.29 is 23.1 Å². The summed E-state index contributed by atoms with van der Waals surface area (Å²) >= 11 is 0. The number of furan rings is 1. The number of carbonyl (C=O) groups excluding carboxylic acids is 1. The lowest BCUT2D eigenvalue weighted by molar-refractivity contribution is -0.148. The third-order valence-electron chi connectivity index (χ3n) is 4.52. The van der Waals surface area contributed by atoms with Crippen LogP contribution in [0.2, 0.25) is 0 Å². The molecule has 4 rings (SSSR count). The molecule has 0 bridgehead atoms. The molecular weight excluding hydrogens is 348 g/mol. The molecule has 0 aliphatic heterocycles. The molecule has 140 valence electrons. The first-order valence-corrected chi connectivity index (χ1v) is 8.88. The standard InChI is InChI=1S/C20H20N2O5/c1-12-8-17(13(2)26-12)20-22-21-18(27-20)10-25-19(23)11-24-16-7-6-14-4-3-5-15(14)9-16/h6-9H,3-5,10-11H2,1-2H3. The van der Waals surface area contributed by atoms with Gasteiger partial charge in [0.25, 0.3) is 11.8 Å². The fourth-order valence-corrected chi connectivity index (χ4v) is 3.23. The quantitative estimate of drug-likeness (QED) is 0.615. The number of ether oxygens (including phenoxy) is 2. The molecule has 0 saturated heterocycles. The molecule has 2 aromatic heterocycles. The van der Waals surface area contributed by atoms with Gasteiger partial charge in [0.05, 0.1) is 5.56 Å². The lowest BCUT2D eigenvalue weighted by atomic mass is 10.1. The first-order chi connectivity index (χ1) is 13.1. The Hall–Kier alpha value is -3.09. The van der Waals surface area contributed by atoms with E-state index in [4.69, 9.17) is 18.3 Å². The summed E-state index contributed by atoms with van der Waals surface area (Å²) in [7, 11) is 0. The van der Waals surface area contributed by atoms with Gasteiger partial charge >= 0.3 is 5.97 Å². The van der Waals surface area contributed by atoms with Gasteiger partial charge in [0.2, 0.25) is 0 Å². The molecule has 0 saturated carbocycles. The number of esters is 1. The Balaban J connectivity index is 1.29. The second-order valence-corrected chi connectivity index (χ2v) is 6.56. The number of nitrogens with zero attached hydrogens (tertiary/aromatic N) is 2. The fourth-order valence-electron chi connectivity index (χ4n) is 3.23. The molecule has 1 aliphatic carbocycles. The monoisotopic (exact) mass is 368 g/mol. The van der Waals surface area contributed by atoms with Crippen LogP contribution in [0.1, 0.15) is 35.0 Å². The van der Waals surface area contributed by atoms with Crippen molar-refractivity contribution in [3.8, 4) is 17.2 Å². The summed E-state index contributed by atoms with van der Waals surface area (Å²) in [6.45, 7) is 3.40. The van der Waals surface area contributed by atoms with E-state index < -0.39 is 5.97 Å². The molecule has 0 N–H and O–H groups in total. The summed E-state index contributed by atoms with van der Waals surface area (Å²) in [5.41, 5.74) is 3.39. The number of hydrogen-bond acceptors (Lipinski definition) is 7. The van der Waals surface area contributed by atoms with E-state index in [-0.39, 0.29) is 19.1 Å². The Morgan fingerprint density at radius 1 is 1.11 bits per heavy atom. The van der Waals surface area contributed by atoms with Crippen molar-refractivity contribution in [3.05, 3.63) is 52.8 Å². The van der Waals surface area contributed by atoms with Crippen LogP contribution in [-0.4, -0.2) is 22.8 Å². The topological polar surface area (TPSA) is 87.6 Å². The summed E-state index contributed by atoms with van der Waals surface area (Å²) in [5.74, 6) is 2.20. The third-order valence-corrected chi connectivity index (χ3v) is 4.52. The van der Waals surface area contributed by atoms with E-state index in [9.17, 15) is 4.79 Å². The predicted molar refractivity (Wildman–Crippen MR) is 95.2 cm³/mol. The first-order valence-electron chi connectivity index (χ1n) is 8.88. The highest BCUT2D eigenvalue weighted by atomic mass is 16.6. The number of aryl methyl sites for hydroxylation is 4. The Morgan fingerprint density at radius 3 is 2.78 bits per heavy atom. The molecule has 0 fully saturated rings. The van der Waals surface area contributed by atoms with E-state index in [2.05, 4.69) is 16.3 Å². The average molecular weight is 368 g/mol. The van der Waals surface area contributed by atoms with Crippen molar-refractivity contribution in [1.29, 1.82) is 0 Å². The van der Waals surface area contributed by atoms with Gasteiger partial charge < -0.3 is 18.3 Å². The highest BCUT2D eigenvalue weighted by molar-refractivity contribution is 5.71. The maximum Gasteiger partial charge on any atom is 0.344 e. The van der Waals surface area contributed by atoms with Gasteiger partial charge in [-0.15, -0.1) is 10.2 Å². The normalized spacial score (nSPS) is 12.8. The van der Waals surface area contributed by atoms with Gasteiger partial charge in [-0.3, -0.25) is 0 Å². The molecule has 0 amide bonds. The molecule has 0 radical (unpaired) electrons. The van der Waals surface area contributed by atoms with E-state index in [1.807, 2.05) is 32.0 Å². The maximum atomic E-state index is 11.9. The van der Waals surface area contributed by atoms with Crippen molar-refractivity contribution >= 4 is 5.97 Å². The van der Waals surface area contributed by atoms with Crippen molar-refractivity contribution in [1.82, 2.24) is 10.2 Å². The number of benzene rings is 1. The molecule has 0 atom stereocenters. The van der Waals surface area contributed by atoms with Crippen LogP contribution in [0.3, 0.4) is 0 Å². The molecule has 1 aromatic carbocycles. The van der Waals surface area contributed by atoms with Gasteiger partial charge in [0.1, 0.15) is 17.3 Å². The van der Waals surface area contributed by atoms with Crippen LogP contribution >= 0.6 is 0 Å². The number of aromatic nitrogens is 2. The van der Waals surface area contributed by atoms with Gasteiger partial charge in [0.15, 0.2) is 13.2 Å². The third kappa shape index (κ3) is 3.86. The highest BCUT2D eigenvalue weighted by Gasteiger charge is 2.16. The van der Waals surface area contributed by atoms with Crippen molar-refractivity contribution in [2.45, 2.75) is 39.7 Å². The molecule has 1 aliphatic rings. The Kier molecular flexibility index (Phi) is 4.66. The van der Waals surface area contributed by atoms with E-state index in [1.54, 1.807) is 0 Å². The van der Waals surface area contributed by atoms with Crippen LogP contribution in [0, 0.1) is 13.8 Å². The minimum absolute atomic E-state index is 0.102. The van der Waals surface area contributed by atoms with Crippen LogP contribution in [0.25, 0.3) is 11.5 Å². The molecule has 0 unspecified atom stereocenters. The minimum Gasteiger partial charge on any atom is -0.482 e. The maximum absolute atomic E-state index is 11.9. The zero-order valence-corrected chi connectivity index (χ0v) is 15.3. The van der Waals surface area contributed by atoms with Gasteiger partial charge in [0, 0.05) is 0 Å². The number of rotatable bonds is 6. The van der Waals surface area contributed by atoms with Gasteiger partial charge in [-0.05, 0) is 62.4 Å². The molecule has 27 heavy (non-hydrogen) atoms. The second-order valence-electron chi connectivity index (χ2n) is 6.56. The Bertz CT molecular complexity index is 973. The SMILES string of the molecule is Cc1cc(-c2nnc(COC(=O)COc3ccc4c(c3)CCC4)o2)c(C)o1. The van der Waals surface area contributed by atoms with Crippen molar-refractivity contribution in [2.24, 2.45) is 0 Å². The minimum atomic E-state index is -0.495. The molecule has 2 heterocycles. The lowest BCUT2D eigenvalue weighted by Crippen LogP contribution is -2.15. The number of hydrogen-bond donors (Lipinski definition) is 0. The van der Waals surface area contributed by atoms with Crippen LogP contribution in [0.15, 0.2) is 33.1 Å². The Morgan fingerprint density at radius 2 is 1.96 bits per heavy atom. The predicted octanol–water partition coefficient (Wildman–Crippen LogP) is 3.56. The van der Waals surface area contributed by atoms with Crippen LogP contribution in [0.4, 0.5) is 0 Å². The smallest absolute Gasteiger partial charge is 0.344 e. The average Bonchev–Trinajstić information content (AvgIpc) is 3.37. The summed E-state index contributed by atoms with van der Waals surface area (Å²) in [4.78, 5) is 11.9. The number of carbonyl (C=O) groups is 1. The van der Waals surface area contributed by atoms with E-state index in [0.717, 1.165) is 24.2 Å². The van der Waals surface area contributed by atoms with Crippen LogP contribution < -0.4 is 4.74 Å². The van der Waals surface area contributed by atoms with E-state index in [1.165, 1.54) is 17.5 Å². The molecular formula is C20H20N2O5. The molecule has 3 aromatic rings. The second kappa shape index (κ2) is 7.26. The summed E-state index contributed by atoms with van der Waals surface area (Å²) < 4.78 is 21.6. The van der Waals surface area contributed by atoms with Gasteiger partial charge in [-0.2, -0.15) is 0 Å². The van der Waals surface area contributed by atoms with Crippen LogP contribution in [0.5, 0.6) is 5.75 Å². The zero-order chi connectivity index (χ0) is 18.8. The van der Waals surface area contributed by atoms with E-state index >= 15 is 0 Å². The summed E-state index contributed by atoms with van der Waals surface area (Å²) in [5, 5.41) is 7.86. The van der Waals surface area contributed by atoms with Gasteiger partial charge in [-0.1, -0.05) is 6.07 Å². The number of fused-ring (bicyclic) bond motifs is 1. The first kappa shape index (κ1) is 17.3. The van der Waals surface area contributed by atoms with Gasteiger partial charge in [-0.25, -0.2) is 4.79 Å². The largest absolute Gasteiger partial charge is 0.482 e. The van der Waals surface area contributed by atoms with Crippen molar-refractivity contribution in [2.75, 3.05) is 6.61 Å². The summed E-state index contributed by atoms with van der Waals surface area (Å²) in [6.07, 6.45) is 3.35. The lowest BCUT2D eigenvalue weighted by Gasteiger charge is -2.07. The molecule has 7 heteroatoms.